The van der Waals surface area contributed by atoms with Crippen LogP contribution in [0.1, 0.15) is 12.8 Å². The Bertz CT molecular complexity index is 181. The highest BCUT2D eigenvalue weighted by Gasteiger charge is 2.24. The van der Waals surface area contributed by atoms with Gasteiger partial charge in [0.05, 0.1) is 25.9 Å². The molecule has 0 aromatic carbocycles. The van der Waals surface area contributed by atoms with E-state index in [9.17, 15) is 5.11 Å². The molecule has 16 heavy (non-hydrogen) atoms. The predicted molar refractivity (Wildman–Crippen MR) is 62.4 cm³/mol. The number of methoxy groups -OCH3 is 1. The van der Waals surface area contributed by atoms with Crippen molar-refractivity contribution < 1.29 is 14.6 Å². The highest BCUT2D eigenvalue weighted by atomic mass is 16.5. The maximum atomic E-state index is 9.77. The zero-order valence-corrected chi connectivity index (χ0v) is 10.1. The normalized spacial score (nSPS) is 23.8. The molecule has 0 spiro atoms. The Morgan fingerprint density at radius 2 is 2.31 bits per heavy atom. The lowest BCUT2D eigenvalue weighted by atomic mass is 10.2. The van der Waals surface area contributed by atoms with Gasteiger partial charge >= 0.3 is 0 Å². The first-order valence-electron chi connectivity index (χ1n) is 5.96. The fraction of sp³-hybridized carbons (Fsp3) is 1.00. The van der Waals surface area contributed by atoms with Gasteiger partial charge in [-0.2, -0.15) is 0 Å². The zero-order valence-electron chi connectivity index (χ0n) is 10.1. The summed E-state index contributed by atoms with van der Waals surface area (Å²) in [7, 11) is 1.63. The molecule has 5 heteroatoms. The molecule has 0 saturated carbocycles. The minimum atomic E-state index is -0.427. The summed E-state index contributed by atoms with van der Waals surface area (Å²) in [5, 5.41) is 9.77. The highest BCUT2D eigenvalue weighted by Crippen LogP contribution is 2.16. The second-order valence-corrected chi connectivity index (χ2v) is 4.25. The topological polar surface area (TPSA) is 68.0 Å². The Morgan fingerprint density at radius 3 is 3.00 bits per heavy atom. The molecule has 1 saturated heterocycles. The molecule has 0 radical (unpaired) electrons. The minimum absolute atomic E-state index is 0.372. The maximum absolute atomic E-state index is 9.77. The fourth-order valence-electron chi connectivity index (χ4n) is 2.09. The number of aliphatic hydroxyl groups is 1. The second kappa shape index (κ2) is 7.97. The first-order chi connectivity index (χ1) is 7.77. The van der Waals surface area contributed by atoms with Crippen LogP contribution in [-0.4, -0.2) is 68.7 Å². The van der Waals surface area contributed by atoms with Gasteiger partial charge in [0.1, 0.15) is 0 Å². The van der Waals surface area contributed by atoms with Crippen molar-refractivity contribution in [1.29, 1.82) is 0 Å². The zero-order chi connectivity index (χ0) is 11.8. The standard InChI is InChI=1S/C11H24N2O3/c1-15-5-6-16-9-11(14)8-13-4-2-3-10(13)7-12/h10-11,14H,2-9,12H2,1H3. The summed E-state index contributed by atoms with van der Waals surface area (Å²) in [6.07, 6.45) is 1.90. The lowest BCUT2D eigenvalue weighted by Gasteiger charge is -2.25. The predicted octanol–water partition coefficient (Wildman–Crippen LogP) is -0.567. The minimum Gasteiger partial charge on any atom is -0.389 e. The molecule has 2 atom stereocenters. The van der Waals surface area contributed by atoms with E-state index in [1.165, 1.54) is 6.42 Å². The van der Waals surface area contributed by atoms with Crippen LogP contribution in [0.5, 0.6) is 0 Å². The first-order valence-corrected chi connectivity index (χ1v) is 5.96. The number of β-amino-alcohol motifs (C(OH)–C–C–N with tert-alkyl or cyclic N) is 1. The number of aliphatic hydroxyl groups excluding tert-OH is 1. The van der Waals surface area contributed by atoms with E-state index in [0.717, 1.165) is 13.0 Å². The maximum Gasteiger partial charge on any atom is 0.0900 e. The summed E-state index contributed by atoms with van der Waals surface area (Å²) in [4.78, 5) is 2.25. The SMILES string of the molecule is COCCOCC(O)CN1CCCC1CN. The number of rotatable bonds is 8. The Morgan fingerprint density at radius 1 is 1.50 bits per heavy atom. The van der Waals surface area contributed by atoms with Gasteiger partial charge in [0.15, 0.2) is 0 Å². The van der Waals surface area contributed by atoms with E-state index in [-0.39, 0.29) is 0 Å². The molecule has 2 unspecified atom stereocenters. The molecule has 1 fully saturated rings. The molecule has 1 rings (SSSR count). The smallest absolute Gasteiger partial charge is 0.0900 e. The van der Waals surface area contributed by atoms with Crippen LogP contribution in [0.15, 0.2) is 0 Å². The van der Waals surface area contributed by atoms with Gasteiger partial charge < -0.3 is 20.3 Å². The molecule has 0 aromatic heterocycles. The third-order valence-electron chi connectivity index (χ3n) is 2.96. The number of hydrogen-bond donors (Lipinski definition) is 2. The average Bonchev–Trinajstić information content (AvgIpc) is 2.71. The molecule has 0 aliphatic carbocycles. The molecular weight excluding hydrogens is 208 g/mol. The molecule has 1 aliphatic heterocycles. The largest absolute Gasteiger partial charge is 0.389 e. The third-order valence-corrected chi connectivity index (χ3v) is 2.96. The van der Waals surface area contributed by atoms with Crippen LogP contribution in [0.4, 0.5) is 0 Å². The number of likely N-dealkylation sites (tertiary alicyclic amines) is 1. The Labute approximate surface area is 97.5 Å². The molecule has 1 aliphatic rings. The van der Waals surface area contributed by atoms with Gasteiger partial charge in [-0.25, -0.2) is 0 Å². The quantitative estimate of drug-likeness (QED) is 0.549. The van der Waals surface area contributed by atoms with Crippen molar-refractivity contribution in [3.8, 4) is 0 Å². The van der Waals surface area contributed by atoms with Crippen LogP contribution >= 0.6 is 0 Å². The molecule has 5 nitrogen and oxygen atoms in total. The van der Waals surface area contributed by atoms with Crippen molar-refractivity contribution in [2.24, 2.45) is 5.73 Å². The summed E-state index contributed by atoms with van der Waals surface area (Å²) in [6, 6.07) is 0.439. The van der Waals surface area contributed by atoms with Crippen LogP contribution in [-0.2, 0) is 9.47 Å². The molecule has 0 bridgehead atoms. The van der Waals surface area contributed by atoms with Gasteiger partial charge in [-0.1, -0.05) is 0 Å². The average molecular weight is 232 g/mol. The molecule has 0 aromatic rings. The molecule has 0 amide bonds. The summed E-state index contributed by atoms with van der Waals surface area (Å²) in [5.74, 6) is 0. The number of nitrogens with two attached hydrogens (primary N) is 1. The van der Waals surface area contributed by atoms with Crippen LogP contribution in [0.3, 0.4) is 0 Å². The van der Waals surface area contributed by atoms with E-state index in [1.54, 1.807) is 7.11 Å². The van der Waals surface area contributed by atoms with E-state index in [2.05, 4.69) is 4.90 Å². The molecule has 3 N–H and O–H groups in total. The second-order valence-electron chi connectivity index (χ2n) is 4.25. The van der Waals surface area contributed by atoms with E-state index in [0.29, 0.717) is 39.0 Å². The number of ether oxygens (including phenoxy) is 2. The van der Waals surface area contributed by atoms with Crippen LogP contribution in [0, 0.1) is 0 Å². The lowest BCUT2D eigenvalue weighted by Crippen LogP contribution is -2.41. The van der Waals surface area contributed by atoms with Gasteiger partial charge in [-0.15, -0.1) is 0 Å². The van der Waals surface area contributed by atoms with Crippen LogP contribution in [0.25, 0.3) is 0 Å². The van der Waals surface area contributed by atoms with Crippen molar-refractivity contribution >= 4 is 0 Å². The Balaban J connectivity index is 2.10. The fourth-order valence-corrected chi connectivity index (χ4v) is 2.09. The Kier molecular flexibility index (Phi) is 6.91. The summed E-state index contributed by atoms with van der Waals surface area (Å²) in [6.45, 7) is 3.86. The highest BCUT2D eigenvalue weighted by molar-refractivity contribution is 4.81. The van der Waals surface area contributed by atoms with Crippen molar-refractivity contribution in [3.63, 3.8) is 0 Å². The van der Waals surface area contributed by atoms with Crippen molar-refractivity contribution in [2.75, 3.05) is 46.6 Å². The van der Waals surface area contributed by atoms with Gasteiger partial charge in [0.25, 0.3) is 0 Å². The van der Waals surface area contributed by atoms with Gasteiger partial charge in [0.2, 0.25) is 0 Å². The molecule has 96 valence electrons. The summed E-state index contributed by atoms with van der Waals surface area (Å²) >= 11 is 0. The third kappa shape index (κ3) is 4.76. The van der Waals surface area contributed by atoms with Crippen molar-refractivity contribution in [1.82, 2.24) is 4.90 Å². The van der Waals surface area contributed by atoms with E-state index >= 15 is 0 Å². The monoisotopic (exact) mass is 232 g/mol. The van der Waals surface area contributed by atoms with E-state index < -0.39 is 6.10 Å². The van der Waals surface area contributed by atoms with Crippen LogP contribution < -0.4 is 5.73 Å². The van der Waals surface area contributed by atoms with Crippen LogP contribution in [0.2, 0.25) is 0 Å². The molecule has 1 heterocycles. The number of nitrogens with zero attached hydrogens (tertiary/aromatic N) is 1. The summed E-state index contributed by atoms with van der Waals surface area (Å²) < 4.78 is 10.1. The first kappa shape index (κ1) is 13.9. The Hall–Kier alpha value is -0.200. The van der Waals surface area contributed by atoms with E-state index in [4.69, 9.17) is 15.2 Å². The number of hydrogen-bond acceptors (Lipinski definition) is 5. The van der Waals surface area contributed by atoms with Crippen molar-refractivity contribution in [3.05, 3.63) is 0 Å². The molecular formula is C11H24N2O3. The lowest BCUT2D eigenvalue weighted by molar-refractivity contribution is -0.00169. The van der Waals surface area contributed by atoms with Gasteiger partial charge in [-0.3, -0.25) is 4.90 Å². The van der Waals surface area contributed by atoms with E-state index in [1.807, 2.05) is 0 Å². The summed E-state index contributed by atoms with van der Waals surface area (Å²) in [5.41, 5.74) is 5.67. The van der Waals surface area contributed by atoms with Gasteiger partial charge in [-0.05, 0) is 19.4 Å². The van der Waals surface area contributed by atoms with Gasteiger partial charge in [0, 0.05) is 26.2 Å². The van der Waals surface area contributed by atoms with Crippen molar-refractivity contribution in [2.45, 2.75) is 25.0 Å².